The molecular weight excluding hydrogens is 156 g/mol. The Hall–Kier alpha value is -0.610. The van der Waals surface area contributed by atoms with E-state index in [0.717, 1.165) is 0 Å². The van der Waals surface area contributed by atoms with E-state index in [1.165, 1.54) is 5.01 Å². The summed E-state index contributed by atoms with van der Waals surface area (Å²) in [6.45, 7) is 6.02. The van der Waals surface area contributed by atoms with Gasteiger partial charge in [0.05, 0.1) is 0 Å². The summed E-state index contributed by atoms with van der Waals surface area (Å²) in [5.41, 5.74) is 0. The monoisotopic (exact) mass is 172 g/mol. The number of nitrogens with zero attached hydrogens (tertiary/aromatic N) is 2. The zero-order valence-electron chi connectivity index (χ0n) is 7.77. The predicted molar refractivity (Wildman–Crippen MR) is 45.0 cm³/mol. The molecule has 1 saturated heterocycles. The van der Waals surface area contributed by atoms with Crippen molar-refractivity contribution in [1.82, 2.24) is 10.0 Å². The van der Waals surface area contributed by atoms with Gasteiger partial charge < -0.3 is 5.11 Å². The zero-order chi connectivity index (χ0) is 9.30. The van der Waals surface area contributed by atoms with E-state index < -0.39 is 6.23 Å². The Balaban J connectivity index is 2.74. The number of hydrogen-bond donors (Lipinski definition) is 1. The average molecular weight is 172 g/mol. The fourth-order valence-electron chi connectivity index (χ4n) is 1.80. The van der Waals surface area contributed by atoms with E-state index in [1.807, 2.05) is 25.8 Å². The molecular formula is C8H16N2O2. The highest BCUT2D eigenvalue weighted by Gasteiger charge is 2.36. The molecule has 0 unspecified atom stereocenters. The minimum Gasteiger partial charge on any atom is -0.372 e. The van der Waals surface area contributed by atoms with Gasteiger partial charge in [-0.1, -0.05) is 0 Å². The third kappa shape index (κ3) is 1.44. The standard InChI is InChI=1S/C8H16N2O2/c1-6(2)10-7(3)4-8(12)9(10)5-11/h5-8,12H,4H2,1-3H3/t7-,8-/m0/s1. The van der Waals surface area contributed by atoms with Crippen molar-refractivity contribution in [2.24, 2.45) is 0 Å². The topological polar surface area (TPSA) is 43.8 Å². The molecule has 0 aromatic heterocycles. The number of carbonyl (C=O) groups is 1. The van der Waals surface area contributed by atoms with Gasteiger partial charge >= 0.3 is 0 Å². The molecule has 0 aliphatic carbocycles. The van der Waals surface area contributed by atoms with Crippen molar-refractivity contribution in [3.63, 3.8) is 0 Å². The highest BCUT2D eigenvalue weighted by molar-refractivity contribution is 5.47. The fourth-order valence-corrected chi connectivity index (χ4v) is 1.80. The molecule has 0 aromatic rings. The normalized spacial score (nSPS) is 31.6. The van der Waals surface area contributed by atoms with Crippen LogP contribution in [0, 0.1) is 0 Å². The van der Waals surface area contributed by atoms with Gasteiger partial charge in [0.2, 0.25) is 6.41 Å². The van der Waals surface area contributed by atoms with Crippen molar-refractivity contribution in [3.05, 3.63) is 0 Å². The SMILES string of the molecule is CC(C)N1[C@@H](C)C[C@H](O)N1C=O. The number of aliphatic hydroxyl groups is 1. The number of hydrazine groups is 1. The van der Waals surface area contributed by atoms with Gasteiger partial charge in [-0.3, -0.25) is 4.79 Å². The van der Waals surface area contributed by atoms with Crippen LogP contribution >= 0.6 is 0 Å². The summed E-state index contributed by atoms with van der Waals surface area (Å²) in [5, 5.41) is 12.7. The lowest BCUT2D eigenvalue weighted by molar-refractivity contribution is -0.151. The second-order valence-electron chi connectivity index (χ2n) is 3.52. The Kier molecular flexibility index (Phi) is 2.69. The number of hydrogen-bond acceptors (Lipinski definition) is 3. The molecule has 1 fully saturated rings. The summed E-state index contributed by atoms with van der Waals surface area (Å²) < 4.78 is 0. The molecule has 0 radical (unpaired) electrons. The van der Waals surface area contributed by atoms with Crippen molar-refractivity contribution in [2.45, 2.75) is 45.5 Å². The Morgan fingerprint density at radius 1 is 1.58 bits per heavy atom. The van der Waals surface area contributed by atoms with E-state index in [1.54, 1.807) is 0 Å². The van der Waals surface area contributed by atoms with E-state index >= 15 is 0 Å². The minimum atomic E-state index is -0.639. The van der Waals surface area contributed by atoms with Crippen molar-refractivity contribution >= 4 is 6.41 Å². The Labute approximate surface area is 72.7 Å². The molecule has 12 heavy (non-hydrogen) atoms. The van der Waals surface area contributed by atoms with Crippen LogP contribution in [0.1, 0.15) is 27.2 Å². The summed E-state index contributed by atoms with van der Waals surface area (Å²) in [6, 6.07) is 0.493. The summed E-state index contributed by atoms with van der Waals surface area (Å²) in [5.74, 6) is 0. The van der Waals surface area contributed by atoms with Gasteiger partial charge in [-0.15, -0.1) is 0 Å². The van der Waals surface area contributed by atoms with Gasteiger partial charge in [0, 0.05) is 18.5 Å². The van der Waals surface area contributed by atoms with E-state index in [4.69, 9.17) is 0 Å². The van der Waals surface area contributed by atoms with E-state index in [2.05, 4.69) is 0 Å². The lowest BCUT2D eigenvalue weighted by Gasteiger charge is -2.32. The largest absolute Gasteiger partial charge is 0.372 e. The van der Waals surface area contributed by atoms with Crippen molar-refractivity contribution in [3.8, 4) is 0 Å². The van der Waals surface area contributed by atoms with Crippen LogP contribution in [0.15, 0.2) is 0 Å². The van der Waals surface area contributed by atoms with Crippen LogP contribution in [-0.4, -0.2) is 39.8 Å². The number of rotatable bonds is 2. The zero-order valence-corrected chi connectivity index (χ0v) is 7.77. The first-order chi connectivity index (χ1) is 5.57. The van der Waals surface area contributed by atoms with Gasteiger partial charge in [0.1, 0.15) is 6.23 Å². The van der Waals surface area contributed by atoms with Gasteiger partial charge in [0.15, 0.2) is 0 Å². The van der Waals surface area contributed by atoms with Crippen molar-refractivity contribution in [2.75, 3.05) is 0 Å². The van der Waals surface area contributed by atoms with Crippen LogP contribution in [0.25, 0.3) is 0 Å². The second-order valence-corrected chi connectivity index (χ2v) is 3.52. The van der Waals surface area contributed by atoms with Crippen LogP contribution in [0.4, 0.5) is 0 Å². The first kappa shape index (κ1) is 9.48. The Bertz CT molecular complexity index is 172. The third-order valence-corrected chi connectivity index (χ3v) is 2.21. The van der Waals surface area contributed by atoms with Gasteiger partial charge in [-0.05, 0) is 20.8 Å². The first-order valence-corrected chi connectivity index (χ1v) is 4.28. The lowest BCUT2D eigenvalue weighted by Crippen LogP contribution is -2.46. The number of carbonyl (C=O) groups excluding carboxylic acids is 1. The molecule has 70 valence electrons. The molecule has 1 heterocycles. The molecule has 4 nitrogen and oxygen atoms in total. The highest BCUT2D eigenvalue weighted by Crippen LogP contribution is 2.23. The maximum Gasteiger partial charge on any atom is 0.226 e. The molecule has 1 aliphatic rings. The van der Waals surface area contributed by atoms with Crippen LogP contribution < -0.4 is 0 Å². The smallest absolute Gasteiger partial charge is 0.226 e. The average Bonchev–Trinajstić information content (AvgIpc) is 2.24. The quantitative estimate of drug-likeness (QED) is 0.604. The Morgan fingerprint density at radius 3 is 2.50 bits per heavy atom. The molecule has 0 spiro atoms. The summed E-state index contributed by atoms with van der Waals surface area (Å²) in [7, 11) is 0. The molecule has 1 aliphatic heterocycles. The Morgan fingerprint density at radius 2 is 2.17 bits per heavy atom. The number of aliphatic hydroxyl groups excluding tert-OH is 1. The number of amides is 1. The molecule has 4 heteroatoms. The fraction of sp³-hybridized carbons (Fsp3) is 0.875. The van der Waals surface area contributed by atoms with Crippen molar-refractivity contribution < 1.29 is 9.90 Å². The van der Waals surface area contributed by atoms with Crippen LogP contribution in [0.5, 0.6) is 0 Å². The minimum absolute atomic E-state index is 0.241. The van der Waals surface area contributed by atoms with E-state index in [-0.39, 0.29) is 12.1 Å². The van der Waals surface area contributed by atoms with E-state index in [0.29, 0.717) is 12.8 Å². The maximum absolute atomic E-state index is 10.6. The molecule has 0 bridgehead atoms. The predicted octanol–water partition coefficient (Wildman–Crippen LogP) is 0.181. The second kappa shape index (κ2) is 3.41. The molecule has 1 amide bonds. The van der Waals surface area contributed by atoms with Crippen LogP contribution in [0.3, 0.4) is 0 Å². The molecule has 1 rings (SSSR count). The van der Waals surface area contributed by atoms with Gasteiger partial charge in [0.25, 0.3) is 0 Å². The van der Waals surface area contributed by atoms with E-state index in [9.17, 15) is 9.90 Å². The molecule has 1 N–H and O–H groups in total. The molecule has 0 aromatic carbocycles. The lowest BCUT2D eigenvalue weighted by atomic mass is 10.2. The third-order valence-electron chi connectivity index (χ3n) is 2.21. The maximum atomic E-state index is 10.6. The van der Waals surface area contributed by atoms with Gasteiger partial charge in [-0.25, -0.2) is 10.0 Å². The van der Waals surface area contributed by atoms with Gasteiger partial charge in [-0.2, -0.15) is 0 Å². The summed E-state index contributed by atoms with van der Waals surface area (Å²) in [6.07, 6.45) is 0.686. The van der Waals surface area contributed by atoms with Crippen molar-refractivity contribution in [1.29, 1.82) is 0 Å². The summed E-state index contributed by atoms with van der Waals surface area (Å²) in [4.78, 5) is 10.6. The highest BCUT2D eigenvalue weighted by atomic mass is 16.3. The molecule has 2 atom stereocenters. The van der Waals surface area contributed by atoms with Crippen LogP contribution in [-0.2, 0) is 4.79 Å². The molecule has 0 saturated carbocycles. The summed E-state index contributed by atoms with van der Waals surface area (Å²) >= 11 is 0. The van der Waals surface area contributed by atoms with Crippen LogP contribution in [0.2, 0.25) is 0 Å². The first-order valence-electron chi connectivity index (χ1n) is 4.28.